The van der Waals surface area contributed by atoms with Crippen LogP contribution in [-0.4, -0.2) is 54.1 Å². The molecule has 146 valence electrons. The lowest BCUT2D eigenvalue weighted by Crippen LogP contribution is -2.46. The van der Waals surface area contributed by atoms with E-state index < -0.39 is 5.91 Å². The van der Waals surface area contributed by atoms with E-state index in [9.17, 15) is 4.79 Å². The predicted octanol–water partition coefficient (Wildman–Crippen LogP) is 2.04. The van der Waals surface area contributed by atoms with Crippen molar-refractivity contribution in [1.82, 2.24) is 15.3 Å². The summed E-state index contributed by atoms with van der Waals surface area (Å²) in [4.78, 5) is 20.0. The number of aromatic nitrogens is 2. The summed E-state index contributed by atoms with van der Waals surface area (Å²) < 4.78 is 0.801. The second-order valence-corrected chi connectivity index (χ2v) is 7.72. The first kappa shape index (κ1) is 20.9. The third-order valence-corrected chi connectivity index (χ3v) is 4.75. The number of hydrogen-bond donors (Lipinski definition) is 3. The average Bonchev–Trinajstić information content (AvgIpc) is 2.59. The Morgan fingerprint density at radius 2 is 1.78 bits per heavy atom. The Bertz CT molecular complexity index is 792. The number of nitrogens with one attached hydrogen (secondary N) is 1. The molecule has 1 amide bonds. The molecular formula is C19H28ClN6O+. The van der Waals surface area contributed by atoms with Crippen molar-refractivity contribution in [2.45, 2.75) is 19.8 Å². The fraction of sp³-hybridized carbons (Fsp3) is 0.421. The van der Waals surface area contributed by atoms with Gasteiger partial charge < -0.3 is 21.3 Å². The molecule has 0 aliphatic carbocycles. The smallest absolute Gasteiger partial charge is 0.273 e. The van der Waals surface area contributed by atoms with Gasteiger partial charge in [0.1, 0.15) is 0 Å². The molecule has 1 heterocycles. The zero-order valence-corrected chi connectivity index (χ0v) is 16.9. The van der Waals surface area contributed by atoms with Crippen LogP contribution < -0.4 is 16.8 Å². The maximum atomic E-state index is 12.2. The quantitative estimate of drug-likeness (QED) is 0.597. The monoisotopic (exact) mass is 391 g/mol. The zero-order chi connectivity index (χ0) is 20.0. The number of carbonyl (C=O) groups excluding carboxylic acids is 1. The predicted molar refractivity (Wildman–Crippen MR) is 110 cm³/mol. The number of nitrogens with two attached hydrogens (primary N) is 2. The van der Waals surface area contributed by atoms with Crippen molar-refractivity contribution < 1.29 is 9.28 Å². The van der Waals surface area contributed by atoms with Gasteiger partial charge in [0.05, 0.1) is 33.7 Å². The van der Waals surface area contributed by atoms with E-state index in [0.29, 0.717) is 6.54 Å². The Balaban J connectivity index is 1.78. The SMILES string of the molecule is Cc1ccc(CCC[N+](C)(C)CCNC(=O)c2nc(Cl)c(N)nc2N)cc1. The van der Waals surface area contributed by atoms with E-state index in [1.54, 1.807) is 0 Å². The van der Waals surface area contributed by atoms with Gasteiger partial charge in [0, 0.05) is 6.42 Å². The summed E-state index contributed by atoms with van der Waals surface area (Å²) in [6.07, 6.45) is 2.13. The number of carbonyl (C=O) groups is 1. The van der Waals surface area contributed by atoms with Gasteiger partial charge in [-0.15, -0.1) is 0 Å². The van der Waals surface area contributed by atoms with Crippen molar-refractivity contribution in [3.05, 3.63) is 46.2 Å². The highest BCUT2D eigenvalue weighted by atomic mass is 35.5. The number of aryl methyl sites for hydroxylation is 2. The normalized spacial score (nSPS) is 11.4. The average molecular weight is 392 g/mol. The summed E-state index contributed by atoms with van der Waals surface area (Å²) in [7, 11) is 4.30. The maximum Gasteiger partial charge on any atom is 0.273 e. The van der Waals surface area contributed by atoms with Crippen molar-refractivity contribution in [3.8, 4) is 0 Å². The topological polar surface area (TPSA) is 107 Å². The highest BCUT2D eigenvalue weighted by Crippen LogP contribution is 2.17. The van der Waals surface area contributed by atoms with Crippen LogP contribution in [0.2, 0.25) is 5.15 Å². The standard InChI is InChI=1S/C19H27ClN6O/c1-13-6-8-14(9-7-13)5-4-11-26(2,3)12-10-23-19(27)15-17(21)25-18(22)16(20)24-15/h6-9H,4-5,10-12H2,1-3H3,(H4-,21,22,23,25,27)/p+1. The van der Waals surface area contributed by atoms with E-state index >= 15 is 0 Å². The van der Waals surface area contributed by atoms with Crippen LogP contribution in [0.3, 0.4) is 0 Å². The van der Waals surface area contributed by atoms with Crippen molar-refractivity contribution in [2.75, 3.05) is 45.2 Å². The first-order valence-corrected chi connectivity index (χ1v) is 9.30. The van der Waals surface area contributed by atoms with Gasteiger partial charge >= 0.3 is 0 Å². The Hall–Kier alpha value is -2.38. The van der Waals surface area contributed by atoms with Crippen LogP contribution in [-0.2, 0) is 6.42 Å². The molecule has 0 aliphatic rings. The highest BCUT2D eigenvalue weighted by molar-refractivity contribution is 6.31. The van der Waals surface area contributed by atoms with Crippen molar-refractivity contribution in [3.63, 3.8) is 0 Å². The molecule has 5 N–H and O–H groups in total. The Kier molecular flexibility index (Phi) is 6.98. The van der Waals surface area contributed by atoms with Crippen LogP contribution in [0.4, 0.5) is 11.6 Å². The molecule has 0 atom stereocenters. The molecule has 8 heteroatoms. The third-order valence-electron chi connectivity index (χ3n) is 4.47. The number of nitrogen functional groups attached to an aromatic ring is 2. The lowest BCUT2D eigenvalue weighted by Gasteiger charge is -2.30. The largest absolute Gasteiger partial charge is 0.382 e. The maximum absolute atomic E-state index is 12.2. The number of quaternary nitrogens is 1. The highest BCUT2D eigenvalue weighted by Gasteiger charge is 2.18. The summed E-state index contributed by atoms with van der Waals surface area (Å²) >= 11 is 5.82. The van der Waals surface area contributed by atoms with Crippen LogP contribution in [0.15, 0.2) is 24.3 Å². The Morgan fingerprint density at radius 1 is 1.11 bits per heavy atom. The molecule has 0 fully saturated rings. The van der Waals surface area contributed by atoms with Crippen LogP contribution in [0.5, 0.6) is 0 Å². The lowest BCUT2D eigenvalue weighted by atomic mass is 10.1. The molecule has 27 heavy (non-hydrogen) atoms. The van der Waals surface area contributed by atoms with Gasteiger partial charge in [-0.05, 0) is 18.9 Å². The molecule has 0 saturated carbocycles. The summed E-state index contributed by atoms with van der Waals surface area (Å²) in [6, 6.07) is 8.64. The van der Waals surface area contributed by atoms with Gasteiger partial charge in [-0.3, -0.25) is 4.79 Å². The van der Waals surface area contributed by atoms with Crippen molar-refractivity contribution in [1.29, 1.82) is 0 Å². The fourth-order valence-electron chi connectivity index (χ4n) is 2.74. The number of halogens is 1. The molecule has 2 aromatic rings. The van der Waals surface area contributed by atoms with Crippen LogP contribution in [0, 0.1) is 6.92 Å². The van der Waals surface area contributed by atoms with Crippen LogP contribution in [0.1, 0.15) is 28.0 Å². The van der Waals surface area contributed by atoms with Gasteiger partial charge in [0.15, 0.2) is 22.5 Å². The van der Waals surface area contributed by atoms with Crippen LogP contribution in [0.25, 0.3) is 0 Å². The van der Waals surface area contributed by atoms with E-state index in [1.165, 1.54) is 11.1 Å². The molecule has 0 spiro atoms. The van der Waals surface area contributed by atoms with E-state index in [-0.39, 0.29) is 22.5 Å². The van der Waals surface area contributed by atoms with Crippen molar-refractivity contribution >= 4 is 29.1 Å². The molecule has 2 rings (SSSR count). The summed E-state index contributed by atoms with van der Waals surface area (Å²) in [5.41, 5.74) is 13.9. The Morgan fingerprint density at radius 3 is 2.44 bits per heavy atom. The molecule has 1 aromatic carbocycles. The van der Waals surface area contributed by atoms with E-state index in [1.807, 2.05) is 0 Å². The fourth-order valence-corrected chi connectivity index (χ4v) is 2.87. The summed E-state index contributed by atoms with van der Waals surface area (Å²) in [5, 5.41) is 2.79. The molecule has 0 saturated heterocycles. The second kappa shape index (κ2) is 9.01. The van der Waals surface area contributed by atoms with Gasteiger partial charge in [-0.1, -0.05) is 41.4 Å². The Labute approximate surface area is 165 Å². The number of rotatable bonds is 8. The van der Waals surface area contributed by atoms with Gasteiger partial charge in [0.2, 0.25) is 0 Å². The van der Waals surface area contributed by atoms with Gasteiger partial charge in [0.25, 0.3) is 5.91 Å². The lowest BCUT2D eigenvalue weighted by molar-refractivity contribution is -0.889. The number of nitrogens with zero attached hydrogens (tertiary/aromatic N) is 3. The van der Waals surface area contributed by atoms with Crippen LogP contribution >= 0.6 is 11.6 Å². The number of anilines is 2. The minimum atomic E-state index is -0.401. The number of likely N-dealkylation sites (N-methyl/N-ethyl adjacent to an activating group) is 1. The molecular weight excluding hydrogens is 364 g/mol. The molecule has 0 radical (unpaired) electrons. The number of hydrogen-bond acceptors (Lipinski definition) is 5. The van der Waals surface area contributed by atoms with Gasteiger partial charge in [-0.25, -0.2) is 9.97 Å². The first-order chi connectivity index (χ1) is 12.7. The zero-order valence-electron chi connectivity index (χ0n) is 16.1. The number of benzene rings is 1. The van der Waals surface area contributed by atoms with Gasteiger partial charge in [-0.2, -0.15) is 0 Å². The molecule has 0 unspecified atom stereocenters. The minimum Gasteiger partial charge on any atom is -0.382 e. The molecule has 1 aromatic heterocycles. The summed E-state index contributed by atoms with van der Waals surface area (Å²) in [6.45, 7) is 4.39. The second-order valence-electron chi connectivity index (χ2n) is 7.36. The van der Waals surface area contributed by atoms with E-state index in [2.05, 4.69) is 60.6 Å². The van der Waals surface area contributed by atoms with E-state index in [0.717, 1.165) is 30.4 Å². The molecule has 7 nitrogen and oxygen atoms in total. The molecule has 0 aliphatic heterocycles. The summed E-state index contributed by atoms with van der Waals surface area (Å²) in [5.74, 6) is -0.417. The number of amides is 1. The minimum absolute atomic E-state index is 0.00104. The third kappa shape index (κ3) is 6.37. The van der Waals surface area contributed by atoms with E-state index in [4.69, 9.17) is 23.1 Å². The first-order valence-electron chi connectivity index (χ1n) is 8.92. The molecule has 0 bridgehead atoms. The van der Waals surface area contributed by atoms with Crippen molar-refractivity contribution in [2.24, 2.45) is 0 Å².